The summed E-state index contributed by atoms with van der Waals surface area (Å²) in [6, 6.07) is 8.59. The molecule has 0 spiro atoms. The van der Waals surface area contributed by atoms with E-state index in [4.69, 9.17) is 47.5 Å². The third kappa shape index (κ3) is 9.42. The predicted molar refractivity (Wildman–Crippen MR) is 138 cm³/mol. The quantitative estimate of drug-likeness (QED) is 0.151. The first-order valence-corrected chi connectivity index (χ1v) is 16.9. The van der Waals surface area contributed by atoms with Crippen LogP contribution in [0, 0.1) is 0 Å². The number of piperidine rings is 1. The average molecular weight is 525 g/mol. The molecule has 2 rings (SSSR count). The van der Waals surface area contributed by atoms with Crippen molar-refractivity contribution in [3.8, 4) is 0 Å². The minimum Gasteiger partial charge on any atom is -0.381 e. The van der Waals surface area contributed by atoms with Crippen molar-refractivity contribution >= 4 is 39.2 Å². The van der Waals surface area contributed by atoms with E-state index in [2.05, 4.69) is 44.9 Å². The molecule has 0 saturated carbocycles. The topological polar surface area (TPSA) is 30.9 Å². The third-order valence-corrected chi connectivity index (χ3v) is 8.68. The van der Waals surface area contributed by atoms with Gasteiger partial charge in [0.15, 0.2) is 0 Å². The highest BCUT2D eigenvalue weighted by molar-refractivity contribution is 7.64. The molecule has 1 aromatic carbocycles. The molecule has 0 N–H and O–H groups in total. The minimum absolute atomic E-state index is 0.152. The molecule has 1 aromatic rings. The molecule has 0 radical (unpaired) electrons. The number of unbranched alkanes of at least 4 members (excludes halogenated alkanes) is 3. The van der Waals surface area contributed by atoms with Crippen LogP contribution in [0.2, 0.25) is 6.04 Å². The van der Waals surface area contributed by atoms with E-state index in [1.54, 1.807) is 7.11 Å². The zero-order chi connectivity index (χ0) is 23.8. The summed E-state index contributed by atoms with van der Waals surface area (Å²) in [7, 11) is 1.80. The molecule has 0 aliphatic carbocycles. The maximum Gasteiger partial charge on any atom is 0.341 e. The first kappa shape index (κ1) is 28.4. The number of methoxy groups -OCH3 is 1. The van der Waals surface area contributed by atoms with Crippen LogP contribution in [-0.4, -0.2) is 48.6 Å². The lowest BCUT2D eigenvalue weighted by molar-refractivity contribution is -0.322. The Morgan fingerprint density at radius 3 is 2.12 bits per heavy atom. The van der Waals surface area contributed by atoms with Crippen LogP contribution in [0.25, 0.3) is 0 Å². The molecule has 1 aliphatic rings. The van der Waals surface area contributed by atoms with E-state index < -0.39 is 6.00 Å². The van der Waals surface area contributed by atoms with Crippen LogP contribution >= 0.6 is 33.2 Å². The van der Waals surface area contributed by atoms with Gasteiger partial charge in [-0.1, -0.05) is 49.6 Å². The molecule has 184 valence electrons. The predicted octanol–water partition coefficient (Wildman–Crippen LogP) is 7.56. The molecule has 1 saturated heterocycles. The molecular weight excluding hydrogens is 485 g/mol. The van der Waals surface area contributed by atoms with Gasteiger partial charge in [0, 0.05) is 24.8 Å². The maximum atomic E-state index is 6.70. The minimum atomic E-state index is -2.48. The lowest BCUT2D eigenvalue weighted by Crippen LogP contribution is -2.62. The molecule has 0 amide bonds. The van der Waals surface area contributed by atoms with Gasteiger partial charge in [0.05, 0.1) is 12.7 Å². The molecule has 8 heteroatoms. The summed E-state index contributed by atoms with van der Waals surface area (Å²) < 4.78 is 11.8. The number of hydroxylamine groups is 2. The van der Waals surface area contributed by atoms with E-state index in [-0.39, 0.29) is 23.3 Å². The SMILES string of the molecule is COC1CC(C)(C)N(OC(COCCCCCC[Si](Cl)(Cl)Cl)c2ccccc2)C(C)(C)C1. The smallest absolute Gasteiger partial charge is 0.341 e. The molecule has 1 fully saturated rings. The van der Waals surface area contributed by atoms with E-state index in [1.165, 1.54) is 0 Å². The van der Waals surface area contributed by atoms with Gasteiger partial charge in [-0.25, -0.2) is 0 Å². The largest absolute Gasteiger partial charge is 0.381 e. The zero-order valence-electron chi connectivity index (χ0n) is 20.2. The van der Waals surface area contributed by atoms with Gasteiger partial charge >= 0.3 is 6.00 Å². The first-order valence-electron chi connectivity index (χ1n) is 11.6. The number of benzene rings is 1. The Hall–Kier alpha value is 0.147. The Labute approximate surface area is 209 Å². The molecule has 1 unspecified atom stereocenters. The van der Waals surface area contributed by atoms with E-state index in [1.807, 2.05) is 18.2 Å². The molecule has 1 aliphatic heterocycles. The molecule has 4 nitrogen and oxygen atoms in total. The summed E-state index contributed by atoms with van der Waals surface area (Å²) in [6.07, 6.45) is 6.04. The fourth-order valence-electron chi connectivity index (χ4n) is 4.68. The fourth-order valence-corrected chi connectivity index (χ4v) is 6.53. The number of hydrogen-bond donors (Lipinski definition) is 0. The van der Waals surface area contributed by atoms with Crippen LogP contribution in [0.3, 0.4) is 0 Å². The summed E-state index contributed by atoms with van der Waals surface area (Å²) in [5, 5.41) is 2.18. The summed E-state index contributed by atoms with van der Waals surface area (Å²) >= 11 is 17.8. The lowest BCUT2D eigenvalue weighted by atomic mass is 9.80. The van der Waals surface area contributed by atoms with E-state index >= 15 is 0 Å². The second-order valence-corrected chi connectivity index (χ2v) is 19.3. The van der Waals surface area contributed by atoms with Gasteiger partial charge in [-0.2, -0.15) is 5.06 Å². The number of hydrogen-bond acceptors (Lipinski definition) is 4. The van der Waals surface area contributed by atoms with E-state index in [9.17, 15) is 0 Å². The highest BCUT2D eigenvalue weighted by Crippen LogP contribution is 2.41. The molecule has 32 heavy (non-hydrogen) atoms. The van der Waals surface area contributed by atoms with Crippen LogP contribution in [0.15, 0.2) is 30.3 Å². The second-order valence-electron chi connectivity index (χ2n) is 10.0. The Morgan fingerprint density at radius 2 is 1.56 bits per heavy atom. The summed E-state index contributed by atoms with van der Waals surface area (Å²) in [5.74, 6) is 0. The van der Waals surface area contributed by atoms with Crippen LogP contribution < -0.4 is 0 Å². The summed E-state index contributed by atoms with van der Waals surface area (Å²) in [5.41, 5.74) is 0.822. The van der Waals surface area contributed by atoms with Gasteiger partial charge in [0.1, 0.15) is 6.10 Å². The van der Waals surface area contributed by atoms with Crippen molar-refractivity contribution in [2.45, 2.75) is 95.5 Å². The monoisotopic (exact) mass is 523 g/mol. The van der Waals surface area contributed by atoms with Crippen molar-refractivity contribution in [1.29, 1.82) is 0 Å². The standard InChI is InChI=1S/C24H40Cl3NO3Si/c1-23(2)17-21(29-5)18-24(3,4)28(23)31-22(20-13-9-8-10-14-20)19-30-15-11-6-7-12-16-32(25,26)27/h8-10,13-14,21-22H,6-7,11-12,15-19H2,1-5H3. The Morgan fingerprint density at radius 1 is 0.969 bits per heavy atom. The number of halogens is 3. The van der Waals surface area contributed by atoms with Crippen LogP contribution in [0.1, 0.15) is 77.9 Å². The molecule has 0 aromatic heterocycles. The number of nitrogens with zero attached hydrogens (tertiary/aromatic N) is 1. The fraction of sp³-hybridized carbons (Fsp3) is 0.750. The maximum absolute atomic E-state index is 6.70. The number of ether oxygens (including phenoxy) is 2. The van der Waals surface area contributed by atoms with Crippen molar-refractivity contribution < 1.29 is 14.3 Å². The average Bonchev–Trinajstić information content (AvgIpc) is 2.70. The molecule has 1 heterocycles. The normalized spacial score (nSPS) is 20.4. The molecule has 0 bridgehead atoms. The van der Waals surface area contributed by atoms with Gasteiger partial charge in [-0.3, -0.25) is 4.84 Å². The van der Waals surface area contributed by atoms with Crippen LogP contribution in [0.5, 0.6) is 0 Å². The highest BCUT2D eigenvalue weighted by Gasteiger charge is 2.47. The first-order chi connectivity index (χ1) is 14.9. The third-order valence-electron chi connectivity index (χ3n) is 6.06. The second kappa shape index (κ2) is 12.7. The highest BCUT2D eigenvalue weighted by atomic mass is 35.8. The van der Waals surface area contributed by atoms with Crippen molar-refractivity contribution in [3.05, 3.63) is 35.9 Å². The summed E-state index contributed by atoms with van der Waals surface area (Å²) in [6.45, 7) is 10.1. The molecular formula is C24H40Cl3NO3Si. The lowest BCUT2D eigenvalue weighted by Gasteiger charge is -2.54. The van der Waals surface area contributed by atoms with Gasteiger partial charge in [0.25, 0.3) is 0 Å². The number of rotatable bonds is 13. The Bertz CT molecular complexity index is 652. The van der Waals surface area contributed by atoms with E-state index in [0.29, 0.717) is 13.2 Å². The van der Waals surface area contributed by atoms with Crippen LogP contribution in [-0.2, 0) is 14.3 Å². The van der Waals surface area contributed by atoms with Gasteiger partial charge in [-0.05, 0) is 58.6 Å². The van der Waals surface area contributed by atoms with Crippen molar-refractivity contribution in [2.75, 3.05) is 20.3 Å². The van der Waals surface area contributed by atoms with Gasteiger partial charge in [-0.15, -0.1) is 33.2 Å². The van der Waals surface area contributed by atoms with E-state index in [0.717, 1.165) is 50.1 Å². The zero-order valence-corrected chi connectivity index (χ0v) is 23.5. The van der Waals surface area contributed by atoms with Crippen molar-refractivity contribution in [3.63, 3.8) is 0 Å². The summed E-state index contributed by atoms with van der Waals surface area (Å²) in [4.78, 5) is 6.70. The Kier molecular flexibility index (Phi) is 11.3. The van der Waals surface area contributed by atoms with Crippen molar-refractivity contribution in [1.82, 2.24) is 5.06 Å². The Balaban J connectivity index is 1.93. The van der Waals surface area contributed by atoms with Gasteiger partial charge in [0.2, 0.25) is 0 Å². The van der Waals surface area contributed by atoms with Gasteiger partial charge < -0.3 is 9.47 Å². The van der Waals surface area contributed by atoms with Crippen LogP contribution in [0.4, 0.5) is 0 Å². The van der Waals surface area contributed by atoms with Crippen molar-refractivity contribution in [2.24, 2.45) is 0 Å². The molecule has 1 atom stereocenters.